The molecule has 0 aliphatic rings. The van der Waals surface area contributed by atoms with E-state index in [4.69, 9.17) is 17.5 Å². The molecule has 7 heteroatoms. The average molecular weight is 167 g/mol. The first kappa shape index (κ1) is 15.7. The van der Waals surface area contributed by atoms with Crippen molar-refractivity contribution in [1.82, 2.24) is 0 Å². The molecule has 0 unspecified atom stereocenters. The topological polar surface area (TPSA) is 109 Å². The molecular weight excluding hydrogens is 167 g/mol. The third-order valence-corrected chi connectivity index (χ3v) is 0. The van der Waals surface area contributed by atoms with E-state index in [0.717, 1.165) is 0 Å². The van der Waals surface area contributed by atoms with E-state index in [2.05, 4.69) is 0 Å². The monoisotopic (exact) mass is 167 g/mol. The summed E-state index contributed by atoms with van der Waals surface area (Å²) >= 11 is 0. The van der Waals surface area contributed by atoms with Crippen molar-refractivity contribution in [3.8, 4) is 0 Å². The molecule has 7 heavy (non-hydrogen) atoms. The van der Waals surface area contributed by atoms with Gasteiger partial charge in [-0.1, -0.05) is 0 Å². The summed E-state index contributed by atoms with van der Waals surface area (Å²) in [6.45, 7) is 0. The zero-order valence-corrected chi connectivity index (χ0v) is 4.82. The Morgan fingerprint density at radius 3 is 1.14 bits per heavy atom. The van der Waals surface area contributed by atoms with E-state index in [1.54, 1.807) is 0 Å². The van der Waals surface area contributed by atoms with Gasteiger partial charge in [-0.15, -0.1) is 0 Å². The van der Waals surface area contributed by atoms with Gasteiger partial charge in [0.2, 0.25) is 0 Å². The van der Waals surface area contributed by atoms with Gasteiger partial charge in [0.05, 0.1) is 0 Å². The number of hydrogen-bond acceptors (Lipinski definition) is 4. The van der Waals surface area contributed by atoms with Crippen LogP contribution in [0, 0.1) is 0 Å². The third kappa shape index (κ3) is 983. The predicted octanol–water partition coefficient (Wildman–Crippen LogP) is -1.46. The molecule has 1 radical (unpaired) electrons. The van der Waals surface area contributed by atoms with Gasteiger partial charge < -0.3 is 14.6 Å². The van der Waals surface area contributed by atoms with E-state index < -0.39 is 10.4 Å². The summed E-state index contributed by atoms with van der Waals surface area (Å²) in [6, 6.07) is 0. The molecule has 0 amide bonds. The van der Waals surface area contributed by atoms with Gasteiger partial charge in [0.15, 0.2) is 0 Å². The second-order valence-electron chi connectivity index (χ2n) is 0.408. The molecule has 0 atom stereocenters. The van der Waals surface area contributed by atoms with E-state index >= 15 is 0 Å². The van der Waals surface area contributed by atoms with Gasteiger partial charge in [0.25, 0.3) is 0 Å². The van der Waals surface area contributed by atoms with E-state index in [1.165, 1.54) is 0 Å². The third-order valence-electron chi connectivity index (χ3n) is 0. The minimum absolute atomic E-state index is 0. The molecule has 0 aromatic rings. The van der Waals surface area contributed by atoms with Crippen LogP contribution in [0.25, 0.3) is 0 Å². The van der Waals surface area contributed by atoms with Crippen molar-refractivity contribution in [3.05, 3.63) is 0 Å². The maximum absolute atomic E-state index is 8.52. The molecule has 0 spiro atoms. The Morgan fingerprint density at radius 2 is 1.14 bits per heavy atom. The second-order valence-corrected chi connectivity index (χ2v) is 1.22. The first-order valence-electron chi connectivity index (χ1n) is 0.667. The molecule has 0 aromatic heterocycles. The van der Waals surface area contributed by atoms with Gasteiger partial charge >= 0.3 is 0 Å². The fraction of sp³-hybridized carbons (Fsp3) is 0. The minimum atomic E-state index is -5.17. The predicted molar refractivity (Wildman–Crippen MR) is 11.2 cm³/mol. The smallest absolute Gasteiger partial charge is 0.0311 e. The molecule has 0 rings (SSSR count). The molecule has 5 nitrogen and oxygen atoms in total. The molecule has 0 aliphatic carbocycles. The molecule has 0 saturated heterocycles. The molecule has 0 aromatic carbocycles. The SMILES string of the molecule is O=S(=O)([O-])[O-].[Mn].[O-2]. The Bertz CT molecular complexity index is 91.2. The summed E-state index contributed by atoms with van der Waals surface area (Å²) in [5, 5.41) is 0. The van der Waals surface area contributed by atoms with Crippen LogP contribution >= 0.6 is 0 Å². The standard InChI is InChI=1S/Mn.H2O4S.O/c;1-5(2,3)4;/h;(H2,1,2,3,4);/q;;-2/p-2. The maximum Gasteiger partial charge on any atom is 0.0311 e. The number of hydrogen-bond donors (Lipinski definition) is 0. The Balaban J connectivity index is -0.0000000800. The van der Waals surface area contributed by atoms with Crippen LogP contribution in [0.15, 0.2) is 0 Å². The van der Waals surface area contributed by atoms with Crippen molar-refractivity contribution in [2.75, 3.05) is 0 Å². The summed E-state index contributed by atoms with van der Waals surface area (Å²) in [6.07, 6.45) is 0. The van der Waals surface area contributed by atoms with E-state index in [9.17, 15) is 0 Å². The van der Waals surface area contributed by atoms with E-state index in [0.29, 0.717) is 0 Å². The molecule has 0 saturated carbocycles. The van der Waals surface area contributed by atoms with Gasteiger partial charge in [-0.3, -0.25) is 8.42 Å². The largest absolute Gasteiger partial charge is 2.00 e. The van der Waals surface area contributed by atoms with Crippen LogP contribution in [-0.4, -0.2) is 17.5 Å². The van der Waals surface area contributed by atoms with Crippen molar-refractivity contribution in [2.45, 2.75) is 0 Å². The van der Waals surface area contributed by atoms with Crippen molar-refractivity contribution in [2.24, 2.45) is 0 Å². The fourth-order valence-corrected chi connectivity index (χ4v) is 0. The summed E-state index contributed by atoms with van der Waals surface area (Å²) in [5.74, 6) is 0. The van der Waals surface area contributed by atoms with Gasteiger partial charge in [0.1, 0.15) is 0 Å². The zero-order chi connectivity index (χ0) is 4.50. The maximum atomic E-state index is 8.52. The molecule has 47 valence electrons. The molecule has 0 heterocycles. The van der Waals surface area contributed by atoms with Gasteiger partial charge in [0, 0.05) is 27.5 Å². The molecule has 0 aliphatic heterocycles. The first-order valence-corrected chi connectivity index (χ1v) is 2.00. The Kier molecular flexibility index (Phi) is 10.1. The summed E-state index contributed by atoms with van der Waals surface area (Å²) < 4.78 is 34.1. The van der Waals surface area contributed by atoms with Gasteiger partial charge in [-0.25, -0.2) is 0 Å². The second kappa shape index (κ2) is 4.51. The van der Waals surface area contributed by atoms with Crippen LogP contribution in [0.4, 0.5) is 0 Å². The number of rotatable bonds is 0. The van der Waals surface area contributed by atoms with Crippen LogP contribution < -0.4 is 0 Å². The van der Waals surface area contributed by atoms with Crippen LogP contribution in [0.5, 0.6) is 0 Å². The molecule has 0 N–H and O–H groups in total. The summed E-state index contributed by atoms with van der Waals surface area (Å²) in [5.41, 5.74) is 0. The van der Waals surface area contributed by atoms with Crippen molar-refractivity contribution in [1.29, 1.82) is 0 Å². The van der Waals surface area contributed by atoms with Crippen LogP contribution in [0.3, 0.4) is 0 Å². The molecule has 0 fully saturated rings. The van der Waals surface area contributed by atoms with Crippen molar-refractivity contribution >= 4 is 10.4 Å². The van der Waals surface area contributed by atoms with Crippen LogP contribution in [0.1, 0.15) is 0 Å². The molecule has 0 bridgehead atoms. The minimum Gasteiger partial charge on any atom is -2.00 e. The Morgan fingerprint density at radius 1 is 1.14 bits per heavy atom. The zero-order valence-electron chi connectivity index (χ0n) is 2.83. The summed E-state index contributed by atoms with van der Waals surface area (Å²) in [7, 11) is -5.17. The van der Waals surface area contributed by atoms with Gasteiger partial charge in [-0.2, -0.15) is 0 Å². The first-order chi connectivity index (χ1) is 2.00. The Hall–Kier alpha value is 0.349. The normalized spacial score (nSPS) is 8.29. The quantitative estimate of drug-likeness (QED) is 0.249. The van der Waals surface area contributed by atoms with Crippen molar-refractivity contribution < 1.29 is 40.1 Å². The molecular formula is MnO5S-4. The average Bonchev–Trinajstić information content (AvgIpc) is 0.722. The Labute approximate surface area is 51.1 Å². The van der Waals surface area contributed by atoms with Crippen molar-refractivity contribution in [3.63, 3.8) is 0 Å². The van der Waals surface area contributed by atoms with Gasteiger partial charge in [-0.05, 0) is 0 Å². The van der Waals surface area contributed by atoms with Crippen LogP contribution in [0.2, 0.25) is 0 Å². The summed E-state index contributed by atoms with van der Waals surface area (Å²) in [4.78, 5) is 0. The van der Waals surface area contributed by atoms with E-state index in [-0.39, 0.29) is 22.5 Å². The van der Waals surface area contributed by atoms with E-state index in [1.807, 2.05) is 0 Å². The fourth-order valence-electron chi connectivity index (χ4n) is 0. The van der Waals surface area contributed by atoms with Crippen LogP contribution in [-0.2, 0) is 32.9 Å².